The second-order valence-electron chi connectivity index (χ2n) is 4.78. The average Bonchev–Trinajstić information content (AvgIpc) is 2.49. The minimum absolute atomic E-state index is 0.0623. The maximum absolute atomic E-state index is 11.0. The quantitative estimate of drug-likeness (QED) is 0.662. The average molecular weight is 287 g/mol. The van der Waals surface area contributed by atoms with Crippen molar-refractivity contribution in [2.45, 2.75) is 26.4 Å². The third-order valence-corrected chi connectivity index (χ3v) is 3.26. The van der Waals surface area contributed by atoms with Crippen LogP contribution >= 0.6 is 0 Å². The number of nitro groups is 1. The molecule has 2 aromatic rings. The molecular weight excluding hydrogens is 270 g/mol. The number of aliphatic hydroxyl groups excluding tert-OH is 1. The van der Waals surface area contributed by atoms with E-state index in [1.807, 2.05) is 6.92 Å². The van der Waals surface area contributed by atoms with E-state index in [0.717, 1.165) is 5.56 Å². The van der Waals surface area contributed by atoms with Gasteiger partial charge in [-0.3, -0.25) is 10.1 Å². The van der Waals surface area contributed by atoms with Crippen molar-refractivity contribution in [1.29, 1.82) is 0 Å². The van der Waals surface area contributed by atoms with Crippen molar-refractivity contribution in [3.05, 3.63) is 63.7 Å². The molecule has 0 radical (unpaired) electrons. The summed E-state index contributed by atoms with van der Waals surface area (Å²) in [5, 5.41) is 20.8. The number of aliphatic hydroxyl groups is 1. The zero-order valence-corrected chi connectivity index (χ0v) is 11.9. The van der Waals surface area contributed by atoms with Gasteiger partial charge in [-0.2, -0.15) is 0 Å². The van der Waals surface area contributed by atoms with Gasteiger partial charge in [0, 0.05) is 6.07 Å². The second kappa shape index (κ2) is 6.37. The lowest BCUT2D eigenvalue weighted by Crippen LogP contribution is -1.97. The molecule has 0 saturated heterocycles. The molecule has 1 atom stereocenters. The minimum atomic E-state index is -0.508. The summed E-state index contributed by atoms with van der Waals surface area (Å²) in [4.78, 5) is 10.6. The first-order valence-corrected chi connectivity index (χ1v) is 6.72. The van der Waals surface area contributed by atoms with Crippen molar-refractivity contribution in [1.82, 2.24) is 0 Å². The lowest BCUT2D eigenvalue weighted by Gasteiger charge is -2.11. The molecule has 1 unspecified atom stereocenters. The smallest absolute Gasteiger partial charge is 0.311 e. The van der Waals surface area contributed by atoms with E-state index in [2.05, 4.69) is 0 Å². The fourth-order valence-electron chi connectivity index (χ4n) is 2.03. The Balaban J connectivity index is 2.28. The molecule has 5 heteroatoms. The first-order valence-electron chi connectivity index (χ1n) is 6.72. The van der Waals surface area contributed by atoms with Crippen LogP contribution in [0, 0.1) is 17.0 Å². The van der Waals surface area contributed by atoms with Crippen LogP contribution in [0.15, 0.2) is 42.5 Å². The van der Waals surface area contributed by atoms with Gasteiger partial charge in [0.25, 0.3) is 0 Å². The molecule has 110 valence electrons. The fourth-order valence-corrected chi connectivity index (χ4v) is 2.03. The van der Waals surface area contributed by atoms with Gasteiger partial charge < -0.3 is 9.84 Å². The van der Waals surface area contributed by atoms with Crippen molar-refractivity contribution >= 4 is 5.69 Å². The van der Waals surface area contributed by atoms with Crippen LogP contribution in [0.2, 0.25) is 0 Å². The molecule has 0 aromatic heterocycles. The van der Waals surface area contributed by atoms with Gasteiger partial charge in [0.05, 0.1) is 11.0 Å². The van der Waals surface area contributed by atoms with E-state index in [1.54, 1.807) is 43.3 Å². The standard InChI is InChI=1S/C16H17NO4/c1-3-15(18)12-7-9-13(10-8-12)21-16-11(2)5-4-6-14(16)17(19)20/h4-10,15,18H,3H2,1-2H3. The summed E-state index contributed by atoms with van der Waals surface area (Å²) in [6.07, 6.45) is 0.121. The predicted molar refractivity (Wildman–Crippen MR) is 79.6 cm³/mol. The lowest BCUT2D eigenvalue weighted by molar-refractivity contribution is -0.385. The molecule has 0 aliphatic heterocycles. The topological polar surface area (TPSA) is 72.6 Å². The van der Waals surface area contributed by atoms with Crippen LogP contribution in [-0.4, -0.2) is 10.0 Å². The Morgan fingerprint density at radius 3 is 2.48 bits per heavy atom. The fraction of sp³-hybridized carbons (Fsp3) is 0.250. The van der Waals surface area contributed by atoms with E-state index in [4.69, 9.17) is 4.74 Å². The van der Waals surface area contributed by atoms with Crippen LogP contribution in [0.25, 0.3) is 0 Å². The molecule has 0 spiro atoms. The van der Waals surface area contributed by atoms with Crippen molar-refractivity contribution in [2.24, 2.45) is 0 Å². The van der Waals surface area contributed by atoms with Gasteiger partial charge >= 0.3 is 5.69 Å². The van der Waals surface area contributed by atoms with Gasteiger partial charge in [-0.05, 0) is 36.6 Å². The third kappa shape index (κ3) is 3.38. The Kier molecular flexibility index (Phi) is 4.55. The van der Waals surface area contributed by atoms with Crippen molar-refractivity contribution in [2.75, 3.05) is 0 Å². The first-order chi connectivity index (χ1) is 10.0. The van der Waals surface area contributed by atoms with E-state index < -0.39 is 11.0 Å². The van der Waals surface area contributed by atoms with Gasteiger partial charge in [0.1, 0.15) is 5.75 Å². The number of hydrogen-bond acceptors (Lipinski definition) is 4. The predicted octanol–water partition coefficient (Wildman–Crippen LogP) is 4.14. The third-order valence-electron chi connectivity index (χ3n) is 3.26. The van der Waals surface area contributed by atoms with Crippen LogP contribution in [0.5, 0.6) is 11.5 Å². The van der Waals surface area contributed by atoms with Gasteiger partial charge in [0.15, 0.2) is 0 Å². The summed E-state index contributed by atoms with van der Waals surface area (Å²) in [5.41, 5.74) is 1.43. The molecule has 1 N–H and O–H groups in total. The molecule has 0 heterocycles. The van der Waals surface area contributed by atoms with Crippen molar-refractivity contribution in [3.8, 4) is 11.5 Å². The molecule has 0 bridgehead atoms. The maximum atomic E-state index is 11.0. The molecule has 5 nitrogen and oxygen atoms in total. The highest BCUT2D eigenvalue weighted by Gasteiger charge is 2.17. The number of para-hydroxylation sites is 1. The Labute approximate surface area is 123 Å². The van der Waals surface area contributed by atoms with Gasteiger partial charge in [-0.1, -0.05) is 31.2 Å². The largest absolute Gasteiger partial charge is 0.450 e. The first kappa shape index (κ1) is 15.0. The molecular formula is C16H17NO4. The highest BCUT2D eigenvalue weighted by Crippen LogP contribution is 2.34. The van der Waals surface area contributed by atoms with E-state index in [9.17, 15) is 15.2 Å². The Morgan fingerprint density at radius 1 is 1.24 bits per heavy atom. The minimum Gasteiger partial charge on any atom is -0.450 e. The van der Waals surface area contributed by atoms with Crippen molar-refractivity contribution < 1.29 is 14.8 Å². The summed E-state index contributed by atoms with van der Waals surface area (Å²) in [6, 6.07) is 11.7. The van der Waals surface area contributed by atoms with E-state index in [-0.39, 0.29) is 11.4 Å². The Bertz CT molecular complexity index is 637. The highest BCUT2D eigenvalue weighted by molar-refractivity contribution is 5.53. The van der Waals surface area contributed by atoms with Crippen LogP contribution in [0.3, 0.4) is 0 Å². The molecule has 0 amide bonds. The molecule has 0 aliphatic rings. The number of hydrogen-bond donors (Lipinski definition) is 1. The lowest BCUT2D eigenvalue weighted by atomic mass is 10.1. The molecule has 0 aliphatic carbocycles. The summed E-state index contributed by atoms with van der Waals surface area (Å²) in [5.74, 6) is 0.741. The number of nitrogens with zero attached hydrogens (tertiary/aromatic N) is 1. The van der Waals surface area contributed by atoms with Crippen LogP contribution in [0.1, 0.15) is 30.6 Å². The zero-order valence-electron chi connectivity index (χ0n) is 11.9. The summed E-state index contributed by atoms with van der Waals surface area (Å²) < 4.78 is 5.65. The number of benzene rings is 2. The summed E-state index contributed by atoms with van der Waals surface area (Å²) in [7, 11) is 0. The highest BCUT2D eigenvalue weighted by atomic mass is 16.6. The maximum Gasteiger partial charge on any atom is 0.311 e. The summed E-state index contributed by atoms with van der Waals surface area (Å²) in [6.45, 7) is 3.66. The van der Waals surface area contributed by atoms with E-state index in [1.165, 1.54) is 6.07 Å². The molecule has 2 rings (SSSR count). The number of rotatable bonds is 5. The normalized spacial score (nSPS) is 12.0. The number of aryl methyl sites for hydroxylation is 1. The van der Waals surface area contributed by atoms with Gasteiger partial charge in [-0.15, -0.1) is 0 Å². The molecule has 2 aromatic carbocycles. The Morgan fingerprint density at radius 2 is 1.90 bits per heavy atom. The number of nitro benzene ring substituents is 1. The monoisotopic (exact) mass is 287 g/mol. The zero-order chi connectivity index (χ0) is 15.4. The summed E-state index contributed by atoms with van der Waals surface area (Å²) >= 11 is 0. The SMILES string of the molecule is CCC(O)c1ccc(Oc2c(C)cccc2[N+](=O)[O-])cc1. The van der Waals surface area contributed by atoms with Crippen LogP contribution < -0.4 is 4.74 Å². The molecule has 21 heavy (non-hydrogen) atoms. The second-order valence-corrected chi connectivity index (χ2v) is 4.78. The van der Waals surface area contributed by atoms with Crippen LogP contribution in [0.4, 0.5) is 5.69 Å². The van der Waals surface area contributed by atoms with E-state index in [0.29, 0.717) is 17.7 Å². The van der Waals surface area contributed by atoms with Crippen molar-refractivity contribution in [3.63, 3.8) is 0 Å². The molecule has 0 saturated carbocycles. The van der Waals surface area contributed by atoms with Gasteiger partial charge in [0.2, 0.25) is 5.75 Å². The van der Waals surface area contributed by atoms with Gasteiger partial charge in [-0.25, -0.2) is 0 Å². The number of ether oxygens (including phenoxy) is 1. The van der Waals surface area contributed by atoms with E-state index >= 15 is 0 Å². The van der Waals surface area contributed by atoms with Crippen LogP contribution in [-0.2, 0) is 0 Å². The Hall–Kier alpha value is -2.40. The molecule has 0 fully saturated rings.